The van der Waals surface area contributed by atoms with Crippen molar-refractivity contribution in [2.45, 2.75) is 6.92 Å². The Balaban J connectivity index is 2.32. The fraction of sp³-hybridized carbons (Fsp3) is 0.0714. The van der Waals surface area contributed by atoms with Crippen molar-refractivity contribution in [1.82, 2.24) is 9.55 Å². The summed E-state index contributed by atoms with van der Waals surface area (Å²) in [4.78, 5) is 4.30. The second kappa shape index (κ2) is 4.85. The first-order valence-electron chi connectivity index (χ1n) is 5.87. The minimum atomic E-state index is 0.359. The molecule has 0 fully saturated rings. The first-order chi connectivity index (χ1) is 9.47. The first kappa shape index (κ1) is 13.6. The largest absolute Gasteiger partial charge is 0.369 e. The van der Waals surface area contributed by atoms with Gasteiger partial charge in [-0.2, -0.15) is 0 Å². The van der Waals surface area contributed by atoms with E-state index >= 15 is 0 Å². The van der Waals surface area contributed by atoms with E-state index in [4.69, 9.17) is 40.5 Å². The van der Waals surface area contributed by atoms with Crippen LogP contribution in [-0.4, -0.2) is 9.55 Å². The van der Waals surface area contributed by atoms with Gasteiger partial charge in [0, 0.05) is 5.02 Å². The van der Waals surface area contributed by atoms with E-state index in [1.807, 2.05) is 25.1 Å². The molecular formula is C14H10Cl3N3. The van der Waals surface area contributed by atoms with E-state index < -0.39 is 0 Å². The lowest BCUT2D eigenvalue weighted by Gasteiger charge is -2.08. The van der Waals surface area contributed by atoms with Gasteiger partial charge < -0.3 is 5.73 Å². The number of hydrogen-bond acceptors (Lipinski definition) is 2. The quantitative estimate of drug-likeness (QED) is 0.693. The topological polar surface area (TPSA) is 43.8 Å². The number of aryl methyl sites for hydroxylation is 1. The monoisotopic (exact) mass is 325 g/mol. The second-order valence-corrected chi connectivity index (χ2v) is 5.72. The lowest BCUT2D eigenvalue weighted by molar-refractivity contribution is 1.11. The molecule has 0 aliphatic rings. The van der Waals surface area contributed by atoms with Crippen molar-refractivity contribution >= 4 is 51.8 Å². The molecule has 3 rings (SSSR count). The number of fused-ring (bicyclic) bond motifs is 1. The lowest BCUT2D eigenvalue weighted by Crippen LogP contribution is -2.00. The number of aromatic nitrogens is 2. The number of hydrogen-bond donors (Lipinski definition) is 1. The average molecular weight is 327 g/mol. The molecule has 20 heavy (non-hydrogen) atoms. The number of halogens is 3. The van der Waals surface area contributed by atoms with Crippen LogP contribution < -0.4 is 5.73 Å². The lowest BCUT2D eigenvalue weighted by atomic mass is 10.2. The molecule has 1 aromatic heterocycles. The highest BCUT2D eigenvalue weighted by atomic mass is 35.5. The predicted molar refractivity (Wildman–Crippen MR) is 85.2 cm³/mol. The zero-order chi connectivity index (χ0) is 14.4. The van der Waals surface area contributed by atoms with E-state index in [0.29, 0.717) is 26.5 Å². The molecule has 0 spiro atoms. The molecular weight excluding hydrogens is 317 g/mol. The Morgan fingerprint density at radius 2 is 1.70 bits per heavy atom. The van der Waals surface area contributed by atoms with Crippen molar-refractivity contribution in [3.63, 3.8) is 0 Å². The fourth-order valence-corrected chi connectivity index (χ4v) is 2.57. The van der Waals surface area contributed by atoms with Crippen LogP contribution in [0.1, 0.15) is 5.56 Å². The number of nitrogens with two attached hydrogens (primary N) is 1. The number of nitrogens with zero attached hydrogens (tertiary/aromatic N) is 2. The summed E-state index contributed by atoms with van der Waals surface area (Å²) in [5, 5.41) is 1.58. The van der Waals surface area contributed by atoms with Gasteiger partial charge in [-0.1, -0.05) is 40.9 Å². The second-order valence-electron chi connectivity index (χ2n) is 4.49. The molecule has 0 aliphatic carbocycles. The van der Waals surface area contributed by atoms with Crippen LogP contribution in [0.5, 0.6) is 0 Å². The maximum absolute atomic E-state index is 6.17. The molecule has 0 atom stereocenters. The Morgan fingerprint density at radius 3 is 2.40 bits per heavy atom. The molecule has 3 aromatic rings. The average Bonchev–Trinajstić information content (AvgIpc) is 2.69. The van der Waals surface area contributed by atoms with Crippen LogP contribution in [0.3, 0.4) is 0 Å². The molecule has 0 bridgehead atoms. The van der Waals surface area contributed by atoms with Crippen LogP contribution in [0.15, 0.2) is 30.3 Å². The molecule has 0 saturated carbocycles. The zero-order valence-corrected chi connectivity index (χ0v) is 12.8. The molecule has 102 valence electrons. The predicted octanol–water partition coefficient (Wildman–Crippen LogP) is 4.88. The highest BCUT2D eigenvalue weighted by Crippen LogP contribution is 2.31. The molecule has 0 aliphatic heterocycles. The SMILES string of the molecule is Cc1ccc(-n2c(N)nc3cc(Cl)c(Cl)cc32)cc1Cl. The van der Waals surface area contributed by atoms with Crippen molar-refractivity contribution < 1.29 is 0 Å². The van der Waals surface area contributed by atoms with E-state index in [1.165, 1.54) is 0 Å². The summed E-state index contributed by atoms with van der Waals surface area (Å²) in [6.07, 6.45) is 0. The Kier molecular flexibility index (Phi) is 3.28. The molecule has 0 unspecified atom stereocenters. The third kappa shape index (κ3) is 2.12. The van der Waals surface area contributed by atoms with E-state index in [9.17, 15) is 0 Å². The molecule has 3 nitrogen and oxygen atoms in total. The molecule has 0 radical (unpaired) electrons. The molecule has 1 heterocycles. The fourth-order valence-electron chi connectivity index (χ4n) is 2.08. The van der Waals surface area contributed by atoms with Crippen LogP contribution >= 0.6 is 34.8 Å². The molecule has 2 N–H and O–H groups in total. The van der Waals surface area contributed by atoms with Gasteiger partial charge in [0.2, 0.25) is 5.95 Å². The van der Waals surface area contributed by atoms with Crippen molar-refractivity contribution in [2.24, 2.45) is 0 Å². The third-order valence-electron chi connectivity index (χ3n) is 3.14. The highest BCUT2D eigenvalue weighted by molar-refractivity contribution is 6.42. The highest BCUT2D eigenvalue weighted by Gasteiger charge is 2.13. The Labute approximate surface area is 130 Å². The first-order valence-corrected chi connectivity index (χ1v) is 7.00. The number of benzene rings is 2. The van der Waals surface area contributed by atoms with Crippen molar-refractivity contribution in [2.75, 3.05) is 5.73 Å². The molecule has 0 amide bonds. The van der Waals surface area contributed by atoms with Crippen LogP contribution in [0, 0.1) is 6.92 Å². The van der Waals surface area contributed by atoms with Gasteiger partial charge in [0.15, 0.2) is 0 Å². The van der Waals surface area contributed by atoms with Gasteiger partial charge in [0.25, 0.3) is 0 Å². The number of rotatable bonds is 1. The van der Waals surface area contributed by atoms with Gasteiger partial charge in [-0.15, -0.1) is 0 Å². The summed E-state index contributed by atoms with van der Waals surface area (Å²) in [6, 6.07) is 9.15. The standard InChI is InChI=1S/C14H10Cl3N3/c1-7-2-3-8(4-9(7)15)20-13-6-11(17)10(16)5-12(13)19-14(20)18/h2-6H,1H3,(H2,18,19). The summed E-state index contributed by atoms with van der Waals surface area (Å²) in [5.74, 6) is 0.359. The minimum Gasteiger partial charge on any atom is -0.369 e. The summed E-state index contributed by atoms with van der Waals surface area (Å²) >= 11 is 18.2. The maximum Gasteiger partial charge on any atom is 0.205 e. The molecule has 2 aromatic carbocycles. The van der Waals surface area contributed by atoms with E-state index in [-0.39, 0.29) is 0 Å². The van der Waals surface area contributed by atoms with E-state index in [1.54, 1.807) is 16.7 Å². The number of imidazole rings is 1. The van der Waals surface area contributed by atoms with Crippen LogP contribution in [0.2, 0.25) is 15.1 Å². The summed E-state index contributed by atoms with van der Waals surface area (Å²) in [6.45, 7) is 1.94. The third-order valence-corrected chi connectivity index (χ3v) is 4.27. The van der Waals surface area contributed by atoms with Crippen molar-refractivity contribution in [1.29, 1.82) is 0 Å². The maximum atomic E-state index is 6.17. The van der Waals surface area contributed by atoms with Gasteiger partial charge in [0.1, 0.15) is 0 Å². The van der Waals surface area contributed by atoms with Crippen LogP contribution in [0.4, 0.5) is 5.95 Å². The van der Waals surface area contributed by atoms with Gasteiger partial charge in [-0.05, 0) is 36.8 Å². The summed E-state index contributed by atoms with van der Waals surface area (Å²) in [7, 11) is 0. The van der Waals surface area contributed by atoms with E-state index in [0.717, 1.165) is 16.8 Å². The van der Waals surface area contributed by atoms with Crippen LogP contribution in [-0.2, 0) is 0 Å². The number of anilines is 1. The zero-order valence-electron chi connectivity index (χ0n) is 10.5. The van der Waals surface area contributed by atoms with E-state index in [2.05, 4.69) is 4.98 Å². The van der Waals surface area contributed by atoms with Crippen LogP contribution in [0.25, 0.3) is 16.7 Å². The Hall–Kier alpha value is -1.42. The molecule has 0 saturated heterocycles. The van der Waals surface area contributed by atoms with Crippen molar-refractivity contribution in [3.05, 3.63) is 51.0 Å². The Morgan fingerprint density at radius 1 is 1.00 bits per heavy atom. The van der Waals surface area contributed by atoms with Gasteiger partial charge in [0.05, 0.1) is 26.8 Å². The number of nitrogen functional groups attached to an aromatic ring is 1. The smallest absolute Gasteiger partial charge is 0.205 e. The summed E-state index contributed by atoms with van der Waals surface area (Å²) < 4.78 is 1.79. The Bertz CT molecular complexity index is 824. The van der Waals surface area contributed by atoms with Gasteiger partial charge >= 0.3 is 0 Å². The normalized spacial score (nSPS) is 11.2. The summed E-state index contributed by atoms with van der Waals surface area (Å²) in [5.41, 5.74) is 9.31. The van der Waals surface area contributed by atoms with Gasteiger partial charge in [-0.3, -0.25) is 4.57 Å². The van der Waals surface area contributed by atoms with Crippen molar-refractivity contribution in [3.8, 4) is 5.69 Å². The minimum absolute atomic E-state index is 0.359. The van der Waals surface area contributed by atoms with Gasteiger partial charge in [-0.25, -0.2) is 4.98 Å². The molecule has 6 heteroatoms.